The minimum absolute atomic E-state index is 0.0112. The van der Waals surface area contributed by atoms with Gasteiger partial charge in [-0.25, -0.2) is 0 Å². The minimum Gasteiger partial charge on any atom is -0.353 e. The van der Waals surface area contributed by atoms with Gasteiger partial charge < -0.3 is 5.32 Å². The van der Waals surface area contributed by atoms with Gasteiger partial charge in [-0.1, -0.05) is 43.0 Å². The minimum atomic E-state index is -0.393. The summed E-state index contributed by atoms with van der Waals surface area (Å²) in [6.07, 6.45) is 0.930. The number of nitriles is 1. The van der Waals surface area contributed by atoms with E-state index < -0.39 is 5.92 Å². The number of carbonyl (C=O) groups excluding carboxylic acids is 2. The van der Waals surface area contributed by atoms with Gasteiger partial charge in [0.05, 0.1) is 28.3 Å². The van der Waals surface area contributed by atoms with Gasteiger partial charge in [0.1, 0.15) is 0 Å². The number of thioether (sulfide) groups is 1. The molecule has 0 bridgehead atoms. The second kappa shape index (κ2) is 9.46. The number of thiophene rings is 1. The average Bonchev–Trinajstić information content (AvgIpc) is 3.16. The highest BCUT2D eigenvalue weighted by atomic mass is 32.2. The number of allylic oxidation sites excluding steroid dienone is 3. The number of hydrogen-bond donors (Lipinski definition) is 1. The van der Waals surface area contributed by atoms with Crippen LogP contribution in [0.1, 0.15) is 53.1 Å². The largest absolute Gasteiger partial charge is 0.353 e. The van der Waals surface area contributed by atoms with Gasteiger partial charge in [-0.3, -0.25) is 9.59 Å². The van der Waals surface area contributed by atoms with Gasteiger partial charge in [-0.05, 0) is 49.8 Å². The van der Waals surface area contributed by atoms with Crippen molar-refractivity contribution in [1.82, 2.24) is 5.32 Å². The smallest absolute Gasteiger partial charge is 0.173 e. The zero-order valence-electron chi connectivity index (χ0n) is 17.5. The van der Waals surface area contributed by atoms with E-state index in [0.29, 0.717) is 21.7 Å². The van der Waals surface area contributed by atoms with Crippen LogP contribution < -0.4 is 5.32 Å². The summed E-state index contributed by atoms with van der Waals surface area (Å²) >= 11 is 2.87. The molecule has 0 aliphatic carbocycles. The van der Waals surface area contributed by atoms with E-state index in [1.807, 2.05) is 49.6 Å². The van der Waals surface area contributed by atoms with Crippen LogP contribution in [0.3, 0.4) is 0 Å². The van der Waals surface area contributed by atoms with E-state index in [4.69, 9.17) is 0 Å². The van der Waals surface area contributed by atoms with E-state index >= 15 is 0 Å². The molecule has 1 aromatic heterocycles. The van der Waals surface area contributed by atoms with Crippen molar-refractivity contribution in [2.45, 2.75) is 40.0 Å². The molecule has 0 spiro atoms. The second-order valence-electron chi connectivity index (χ2n) is 7.24. The number of ketones is 2. The Morgan fingerprint density at radius 3 is 2.43 bits per heavy atom. The standard InChI is InChI=1S/C24H24N2O2S2/c1-5-17-6-8-18(9-7-17)20(28)13-30-24-19(12-25)22(23-14(2)10-11-29-23)21(16(4)27)15(3)26-24/h6-11,22,26H,5,13H2,1-4H3. The first-order valence-corrected chi connectivity index (χ1v) is 11.7. The molecule has 0 saturated heterocycles. The van der Waals surface area contributed by atoms with Gasteiger partial charge in [0.2, 0.25) is 0 Å². The van der Waals surface area contributed by atoms with Gasteiger partial charge in [-0.2, -0.15) is 5.26 Å². The van der Waals surface area contributed by atoms with Crippen molar-refractivity contribution in [3.8, 4) is 6.07 Å². The average molecular weight is 437 g/mol. The molecular formula is C24H24N2O2S2. The molecule has 0 radical (unpaired) electrons. The van der Waals surface area contributed by atoms with E-state index in [1.165, 1.54) is 24.2 Å². The number of nitrogens with zero attached hydrogens (tertiary/aromatic N) is 1. The Kier molecular flexibility index (Phi) is 6.96. The van der Waals surface area contributed by atoms with Crippen molar-refractivity contribution >= 4 is 34.7 Å². The van der Waals surface area contributed by atoms with Crippen LogP contribution in [0.4, 0.5) is 0 Å². The monoisotopic (exact) mass is 436 g/mol. The van der Waals surface area contributed by atoms with Gasteiger partial charge in [0, 0.05) is 21.7 Å². The summed E-state index contributed by atoms with van der Waals surface area (Å²) in [7, 11) is 0. The van der Waals surface area contributed by atoms with Crippen molar-refractivity contribution < 1.29 is 9.59 Å². The third-order valence-corrected chi connectivity index (χ3v) is 7.32. The molecule has 1 N–H and O–H groups in total. The molecule has 0 fully saturated rings. The Hall–Kier alpha value is -2.62. The molecule has 2 heterocycles. The third-order valence-electron chi connectivity index (χ3n) is 5.22. The first kappa shape index (κ1) is 22.1. The summed E-state index contributed by atoms with van der Waals surface area (Å²) in [5.74, 6) is -0.216. The maximum atomic E-state index is 12.7. The van der Waals surface area contributed by atoms with E-state index in [-0.39, 0.29) is 17.3 Å². The molecule has 1 aliphatic heterocycles. The molecule has 6 heteroatoms. The van der Waals surface area contributed by atoms with Gasteiger partial charge >= 0.3 is 0 Å². The Balaban J connectivity index is 1.91. The van der Waals surface area contributed by atoms with Crippen LogP contribution in [0.5, 0.6) is 0 Å². The van der Waals surface area contributed by atoms with Crippen molar-refractivity contribution in [3.05, 3.63) is 79.2 Å². The van der Waals surface area contributed by atoms with E-state index in [1.54, 1.807) is 11.3 Å². The maximum absolute atomic E-state index is 12.7. The van der Waals surface area contributed by atoms with Gasteiger partial charge in [-0.15, -0.1) is 11.3 Å². The Morgan fingerprint density at radius 2 is 1.90 bits per heavy atom. The molecule has 30 heavy (non-hydrogen) atoms. The predicted molar refractivity (Wildman–Crippen MR) is 124 cm³/mol. The summed E-state index contributed by atoms with van der Waals surface area (Å²) in [6, 6.07) is 12.0. The quantitative estimate of drug-likeness (QED) is 0.579. The van der Waals surface area contributed by atoms with Crippen molar-refractivity contribution in [2.75, 3.05) is 5.75 Å². The molecule has 1 unspecified atom stereocenters. The second-order valence-corrected chi connectivity index (χ2v) is 9.17. The highest BCUT2D eigenvalue weighted by molar-refractivity contribution is 8.03. The lowest BCUT2D eigenvalue weighted by Crippen LogP contribution is -2.27. The van der Waals surface area contributed by atoms with Crippen molar-refractivity contribution in [2.24, 2.45) is 0 Å². The predicted octanol–water partition coefficient (Wildman–Crippen LogP) is 5.52. The fourth-order valence-corrected chi connectivity index (χ4v) is 5.61. The van der Waals surface area contributed by atoms with Crippen molar-refractivity contribution in [3.63, 3.8) is 0 Å². The number of carbonyl (C=O) groups is 2. The lowest BCUT2D eigenvalue weighted by molar-refractivity contribution is -0.113. The fourth-order valence-electron chi connectivity index (χ4n) is 3.58. The van der Waals surface area contributed by atoms with Crippen LogP contribution in [-0.4, -0.2) is 17.3 Å². The summed E-state index contributed by atoms with van der Waals surface area (Å²) in [5.41, 5.74) is 4.76. The summed E-state index contributed by atoms with van der Waals surface area (Å²) in [6.45, 7) is 7.46. The topological polar surface area (TPSA) is 70.0 Å². The van der Waals surface area contributed by atoms with Crippen LogP contribution in [0.25, 0.3) is 0 Å². The highest BCUT2D eigenvalue weighted by Gasteiger charge is 2.34. The fraction of sp³-hybridized carbons (Fsp3) is 0.292. The van der Waals surface area contributed by atoms with Gasteiger partial charge in [0.25, 0.3) is 0 Å². The first-order chi connectivity index (χ1) is 14.4. The van der Waals surface area contributed by atoms with Crippen LogP contribution >= 0.6 is 23.1 Å². The van der Waals surface area contributed by atoms with Crippen LogP contribution in [0.15, 0.2) is 57.6 Å². The summed E-state index contributed by atoms with van der Waals surface area (Å²) in [4.78, 5) is 26.1. The van der Waals surface area contributed by atoms with Gasteiger partial charge in [0.15, 0.2) is 11.6 Å². The maximum Gasteiger partial charge on any atom is 0.173 e. The number of nitrogens with one attached hydrogen (secondary N) is 1. The summed E-state index contributed by atoms with van der Waals surface area (Å²) in [5, 5.41) is 15.8. The van der Waals surface area contributed by atoms with Crippen LogP contribution in [0, 0.1) is 18.3 Å². The zero-order chi connectivity index (χ0) is 21.8. The first-order valence-electron chi connectivity index (χ1n) is 9.79. The number of benzene rings is 1. The van der Waals surface area contributed by atoms with E-state index in [0.717, 1.165) is 22.6 Å². The Morgan fingerprint density at radius 1 is 1.20 bits per heavy atom. The zero-order valence-corrected chi connectivity index (χ0v) is 19.2. The molecule has 1 aromatic carbocycles. The van der Waals surface area contributed by atoms with E-state index in [9.17, 15) is 14.9 Å². The third kappa shape index (κ3) is 4.43. The number of aryl methyl sites for hydroxylation is 2. The van der Waals surface area contributed by atoms with Crippen LogP contribution in [-0.2, 0) is 11.2 Å². The molecule has 1 atom stereocenters. The molecule has 3 rings (SSSR count). The van der Waals surface area contributed by atoms with Crippen molar-refractivity contribution in [1.29, 1.82) is 5.26 Å². The molecule has 4 nitrogen and oxygen atoms in total. The Labute approximate surface area is 185 Å². The Bertz CT molecular complexity index is 1090. The molecule has 1 aliphatic rings. The van der Waals surface area contributed by atoms with Crippen LogP contribution in [0.2, 0.25) is 0 Å². The van der Waals surface area contributed by atoms with E-state index in [2.05, 4.69) is 18.3 Å². The molecular weight excluding hydrogens is 412 g/mol. The number of hydrogen-bond acceptors (Lipinski definition) is 6. The highest BCUT2D eigenvalue weighted by Crippen LogP contribution is 2.43. The normalized spacial score (nSPS) is 16.3. The number of dihydropyridines is 1. The molecule has 0 amide bonds. The molecule has 2 aromatic rings. The number of rotatable bonds is 7. The molecule has 0 saturated carbocycles. The number of Topliss-reactive ketones (excluding diaryl/α,β-unsaturated/α-hetero) is 2. The molecule has 154 valence electrons. The lowest BCUT2D eigenvalue weighted by Gasteiger charge is -2.29. The summed E-state index contributed by atoms with van der Waals surface area (Å²) < 4.78 is 0. The lowest BCUT2D eigenvalue weighted by atomic mass is 9.84. The SMILES string of the molecule is CCc1ccc(C(=O)CSC2=C(C#N)C(c3sccc3C)C(C(C)=O)=C(C)N2)cc1.